The van der Waals surface area contributed by atoms with Crippen LogP contribution in [0, 0.1) is 0 Å². The van der Waals surface area contributed by atoms with Gasteiger partial charge in [0, 0.05) is 11.8 Å². The number of halogens is 3. The van der Waals surface area contributed by atoms with Crippen molar-refractivity contribution in [2.24, 2.45) is 0 Å². The monoisotopic (exact) mass is 294 g/mol. The highest BCUT2D eigenvalue weighted by Crippen LogP contribution is 2.27. The van der Waals surface area contributed by atoms with E-state index in [0.717, 1.165) is 35.6 Å². The summed E-state index contributed by atoms with van der Waals surface area (Å²) in [4.78, 5) is 12.1. The first kappa shape index (κ1) is 13.9. The van der Waals surface area contributed by atoms with Crippen LogP contribution in [-0.4, -0.2) is 15.6 Å². The Kier molecular flexibility index (Phi) is 3.31. The largest absolute Gasteiger partial charge is 0.435 e. The highest BCUT2D eigenvalue weighted by Gasteiger charge is 2.33. The van der Waals surface area contributed by atoms with Crippen molar-refractivity contribution >= 4 is 5.78 Å². The third kappa shape index (κ3) is 2.84. The van der Waals surface area contributed by atoms with E-state index in [1.807, 2.05) is 12.1 Å². The molecule has 1 aromatic heterocycles. The van der Waals surface area contributed by atoms with Crippen LogP contribution >= 0.6 is 0 Å². The second-order valence-corrected chi connectivity index (χ2v) is 5.16. The standard InChI is InChI=1S/C15H13F3N2O/c16-15(17,18)14-6-7-20(19-14)9-13(21)12-5-4-10-2-1-3-11(10)8-12/h4-8H,1-3,9H2. The number of alkyl halides is 3. The molecule has 0 atom stereocenters. The molecular formula is C15H13F3N2O. The smallest absolute Gasteiger partial charge is 0.292 e. The minimum Gasteiger partial charge on any atom is -0.292 e. The second kappa shape index (κ2) is 5.02. The maximum absolute atomic E-state index is 12.5. The molecule has 0 radical (unpaired) electrons. The molecular weight excluding hydrogens is 281 g/mol. The van der Waals surface area contributed by atoms with Gasteiger partial charge in [-0.1, -0.05) is 12.1 Å². The summed E-state index contributed by atoms with van der Waals surface area (Å²) in [5.74, 6) is -0.235. The minimum atomic E-state index is -4.48. The molecule has 21 heavy (non-hydrogen) atoms. The molecule has 1 aromatic carbocycles. The first-order valence-electron chi connectivity index (χ1n) is 6.69. The molecule has 2 aromatic rings. The van der Waals surface area contributed by atoms with Gasteiger partial charge in [0.2, 0.25) is 0 Å². The van der Waals surface area contributed by atoms with E-state index < -0.39 is 11.9 Å². The number of aryl methyl sites for hydroxylation is 2. The van der Waals surface area contributed by atoms with Gasteiger partial charge in [0.05, 0.1) is 0 Å². The van der Waals surface area contributed by atoms with Gasteiger partial charge in [-0.15, -0.1) is 0 Å². The molecule has 0 unspecified atom stereocenters. The minimum absolute atomic E-state index is 0.186. The molecule has 0 aliphatic heterocycles. The van der Waals surface area contributed by atoms with Crippen LogP contribution in [0.2, 0.25) is 0 Å². The maximum Gasteiger partial charge on any atom is 0.435 e. The average Bonchev–Trinajstić information content (AvgIpc) is 3.04. The summed E-state index contributed by atoms with van der Waals surface area (Å²) in [6.45, 7) is -0.186. The molecule has 3 rings (SSSR count). The van der Waals surface area contributed by atoms with Gasteiger partial charge in [-0.25, -0.2) is 0 Å². The number of aromatic nitrogens is 2. The lowest BCUT2D eigenvalue weighted by Gasteiger charge is -2.05. The third-order valence-corrected chi connectivity index (χ3v) is 3.66. The van der Waals surface area contributed by atoms with Crippen LogP contribution in [0.5, 0.6) is 0 Å². The van der Waals surface area contributed by atoms with Crippen molar-refractivity contribution in [3.63, 3.8) is 0 Å². The number of fused-ring (bicyclic) bond motifs is 1. The van der Waals surface area contributed by atoms with Crippen LogP contribution in [0.4, 0.5) is 13.2 Å². The number of ketones is 1. The van der Waals surface area contributed by atoms with Crippen LogP contribution in [0.25, 0.3) is 0 Å². The van der Waals surface area contributed by atoms with Gasteiger partial charge < -0.3 is 0 Å². The summed E-state index contributed by atoms with van der Waals surface area (Å²) in [6.07, 6.45) is -0.245. The molecule has 3 nitrogen and oxygen atoms in total. The van der Waals surface area contributed by atoms with Gasteiger partial charge in [0.1, 0.15) is 6.54 Å². The van der Waals surface area contributed by atoms with Crippen molar-refractivity contribution in [1.29, 1.82) is 0 Å². The fourth-order valence-corrected chi connectivity index (χ4v) is 2.58. The fourth-order valence-electron chi connectivity index (χ4n) is 2.58. The van der Waals surface area contributed by atoms with Crippen LogP contribution in [-0.2, 0) is 25.6 Å². The Balaban J connectivity index is 1.76. The fraction of sp³-hybridized carbons (Fsp3) is 0.333. The van der Waals surface area contributed by atoms with E-state index in [4.69, 9.17) is 0 Å². The predicted octanol–water partition coefficient (Wildman–Crippen LogP) is 3.27. The molecule has 110 valence electrons. The Bertz CT molecular complexity index is 688. The molecule has 0 N–H and O–H groups in total. The lowest BCUT2D eigenvalue weighted by Crippen LogP contribution is -2.13. The molecule has 1 aliphatic rings. The second-order valence-electron chi connectivity index (χ2n) is 5.16. The Morgan fingerprint density at radius 3 is 2.67 bits per heavy atom. The molecule has 0 saturated heterocycles. The highest BCUT2D eigenvalue weighted by atomic mass is 19.4. The Morgan fingerprint density at radius 2 is 1.95 bits per heavy atom. The Labute approximate surface area is 119 Å². The number of hydrogen-bond donors (Lipinski definition) is 0. The topological polar surface area (TPSA) is 34.9 Å². The zero-order valence-corrected chi connectivity index (χ0v) is 11.2. The van der Waals surface area contributed by atoms with Crippen molar-refractivity contribution in [2.75, 3.05) is 0 Å². The number of carbonyl (C=O) groups is 1. The predicted molar refractivity (Wildman–Crippen MR) is 70.0 cm³/mol. The molecule has 0 amide bonds. The van der Waals surface area contributed by atoms with Crippen molar-refractivity contribution in [3.8, 4) is 0 Å². The first-order chi connectivity index (χ1) is 9.93. The van der Waals surface area contributed by atoms with Crippen molar-refractivity contribution in [2.45, 2.75) is 32.0 Å². The summed E-state index contributed by atoms with van der Waals surface area (Å²) in [5, 5.41) is 3.39. The zero-order valence-electron chi connectivity index (χ0n) is 11.2. The first-order valence-corrected chi connectivity index (χ1v) is 6.69. The summed E-state index contributed by atoms with van der Waals surface area (Å²) in [6, 6.07) is 6.38. The molecule has 1 aliphatic carbocycles. The summed E-state index contributed by atoms with van der Waals surface area (Å²) < 4.78 is 38.4. The SMILES string of the molecule is O=C(Cn1ccc(C(F)(F)F)n1)c1ccc2c(c1)CCC2. The average molecular weight is 294 g/mol. The number of carbonyl (C=O) groups excluding carboxylic acids is 1. The normalized spacial score (nSPS) is 14.2. The van der Waals surface area contributed by atoms with Gasteiger partial charge in [-0.2, -0.15) is 18.3 Å². The quantitative estimate of drug-likeness (QED) is 0.814. The van der Waals surface area contributed by atoms with Gasteiger partial charge >= 0.3 is 6.18 Å². The number of Topliss-reactive ketones (excluding diaryl/α,β-unsaturated/α-hetero) is 1. The van der Waals surface area contributed by atoms with E-state index in [2.05, 4.69) is 5.10 Å². The molecule has 0 saturated carbocycles. The summed E-state index contributed by atoms with van der Waals surface area (Å²) >= 11 is 0. The highest BCUT2D eigenvalue weighted by molar-refractivity contribution is 5.96. The zero-order chi connectivity index (χ0) is 15.0. The molecule has 6 heteroatoms. The van der Waals surface area contributed by atoms with Crippen molar-refractivity contribution < 1.29 is 18.0 Å². The van der Waals surface area contributed by atoms with E-state index in [9.17, 15) is 18.0 Å². The number of nitrogens with zero attached hydrogens (tertiary/aromatic N) is 2. The van der Waals surface area contributed by atoms with Crippen molar-refractivity contribution in [3.05, 3.63) is 52.8 Å². The van der Waals surface area contributed by atoms with E-state index in [1.54, 1.807) is 6.07 Å². The van der Waals surface area contributed by atoms with Crippen molar-refractivity contribution in [1.82, 2.24) is 9.78 Å². The van der Waals surface area contributed by atoms with E-state index >= 15 is 0 Å². The van der Waals surface area contributed by atoms with E-state index in [1.165, 1.54) is 11.8 Å². The summed E-state index contributed by atoms with van der Waals surface area (Å²) in [5.41, 5.74) is 1.96. The molecule has 0 spiro atoms. The van der Waals surface area contributed by atoms with Crippen LogP contribution in [0.1, 0.15) is 33.6 Å². The summed E-state index contributed by atoms with van der Waals surface area (Å²) in [7, 11) is 0. The maximum atomic E-state index is 12.5. The molecule has 0 bridgehead atoms. The number of benzene rings is 1. The van der Waals surface area contributed by atoms with Crippen LogP contribution < -0.4 is 0 Å². The van der Waals surface area contributed by atoms with Gasteiger partial charge in [0.25, 0.3) is 0 Å². The number of rotatable bonds is 3. The van der Waals surface area contributed by atoms with E-state index in [-0.39, 0.29) is 12.3 Å². The Morgan fingerprint density at radius 1 is 1.19 bits per heavy atom. The van der Waals surface area contributed by atoms with Gasteiger partial charge in [-0.05, 0) is 42.5 Å². The molecule has 0 fully saturated rings. The third-order valence-electron chi connectivity index (χ3n) is 3.66. The van der Waals surface area contributed by atoms with Crippen LogP contribution in [0.3, 0.4) is 0 Å². The van der Waals surface area contributed by atoms with E-state index in [0.29, 0.717) is 5.56 Å². The molecule has 1 heterocycles. The van der Waals surface area contributed by atoms with Crippen LogP contribution in [0.15, 0.2) is 30.5 Å². The lowest BCUT2D eigenvalue weighted by molar-refractivity contribution is -0.141. The van der Waals surface area contributed by atoms with Gasteiger partial charge in [0.15, 0.2) is 11.5 Å². The number of hydrogen-bond acceptors (Lipinski definition) is 2. The lowest BCUT2D eigenvalue weighted by atomic mass is 10.0. The van der Waals surface area contributed by atoms with Gasteiger partial charge in [-0.3, -0.25) is 9.48 Å². The Hall–Kier alpha value is -2.11.